The molecule has 0 amide bonds. The Morgan fingerprint density at radius 2 is 1.76 bits per heavy atom. The summed E-state index contributed by atoms with van der Waals surface area (Å²) in [5, 5.41) is 4.23. The molecule has 0 spiro atoms. The van der Waals surface area contributed by atoms with E-state index >= 15 is 0 Å². The minimum Gasteiger partial charge on any atom is -0.324 e. The number of para-hydroxylation sites is 1. The van der Waals surface area contributed by atoms with Crippen molar-refractivity contribution in [1.82, 2.24) is 9.55 Å². The van der Waals surface area contributed by atoms with Crippen LogP contribution in [0.25, 0.3) is 5.69 Å². The Hall–Kier alpha value is -1.97. The number of benzene rings is 2. The van der Waals surface area contributed by atoms with Crippen LogP contribution in [0.2, 0.25) is 10.0 Å². The lowest BCUT2D eigenvalue weighted by molar-refractivity contribution is 1.06. The van der Waals surface area contributed by atoms with Crippen LogP contribution in [0.1, 0.15) is 5.69 Å². The maximum Gasteiger partial charge on any atom is 0.212 e. The SMILES string of the molecule is Cc1cn(-c2ccccc2)c(Nc2cccc(Cl)c2Cl)n1. The predicted octanol–water partition coefficient (Wildman–Crippen LogP) is 5.23. The monoisotopic (exact) mass is 317 g/mol. The average Bonchev–Trinajstić information content (AvgIpc) is 2.86. The van der Waals surface area contributed by atoms with Crippen LogP contribution in [-0.2, 0) is 0 Å². The predicted molar refractivity (Wildman–Crippen MR) is 88.0 cm³/mol. The average molecular weight is 318 g/mol. The van der Waals surface area contributed by atoms with E-state index in [1.54, 1.807) is 6.07 Å². The molecular weight excluding hydrogens is 305 g/mol. The molecule has 0 bridgehead atoms. The molecule has 0 aliphatic heterocycles. The number of rotatable bonds is 3. The summed E-state index contributed by atoms with van der Waals surface area (Å²) in [5.74, 6) is 0.697. The van der Waals surface area contributed by atoms with Gasteiger partial charge in [0.25, 0.3) is 0 Å². The van der Waals surface area contributed by atoms with Crippen molar-refractivity contribution in [1.29, 1.82) is 0 Å². The molecule has 0 unspecified atom stereocenters. The lowest BCUT2D eigenvalue weighted by atomic mass is 10.3. The van der Waals surface area contributed by atoms with E-state index in [1.807, 2.05) is 60.2 Å². The van der Waals surface area contributed by atoms with E-state index in [9.17, 15) is 0 Å². The second-order valence-corrected chi connectivity index (χ2v) is 5.42. The molecule has 1 N–H and O–H groups in total. The van der Waals surface area contributed by atoms with E-state index in [0.717, 1.165) is 17.1 Å². The van der Waals surface area contributed by atoms with Crippen LogP contribution in [0.3, 0.4) is 0 Å². The first-order chi connectivity index (χ1) is 10.1. The van der Waals surface area contributed by atoms with Crippen molar-refractivity contribution in [2.75, 3.05) is 5.32 Å². The minimum atomic E-state index is 0.486. The van der Waals surface area contributed by atoms with Gasteiger partial charge in [0.15, 0.2) is 0 Å². The van der Waals surface area contributed by atoms with Gasteiger partial charge in [0, 0.05) is 11.9 Å². The van der Waals surface area contributed by atoms with E-state index in [0.29, 0.717) is 16.0 Å². The maximum absolute atomic E-state index is 6.22. The highest BCUT2D eigenvalue weighted by Gasteiger charge is 2.10. The van der Waals surface area contributed by atoms with Gasteiger partial charge < -0.3 is 5.32 Å². The molecule has 3 aromatic rings. The highest BCUT2D eigenvalue weighted by Crippen LogP contribution is 2.32. The fraction of sp³-hybridized carbons (Fsp3) is 0.0625. The summed E-state index contributed by atoms with van der Waals surface area (Å²) >= 11 is 12.3. The van der Waals surface area contributed by atoms with Crippen molar-refractivity contribution in [3.8, 4) is 5.69 Å². The zero-order chi connectivity index (χ0) is 14.8. The third-order valence-electron chi connectivity index (χ3n) is 3.06. The molecule has 5 heteroatoms. The van der Waals surface area contributed by atoms with Crippen molar-refractivity contribution < 1.29 is 0 Å². The van der Waals surface area contributed by atoms with Crippen LogP contribution in [0, 0.1) is 6.92 Å². The van der Waals surface area contributed by atoms with Crippen molar-refractivity contribution in [3.05, 3.63) is 70.5 Å². The zero-order valence-electron chi connectivity index (χ0n) is 11.3. The zero-order valence-corrected chi connectivity index (χ0v) is 12.9. The second kappa shape index (κ2) is 5.80. The fourth-order valence-electron chi connectivity index (χ4n) is 2.09. The van der Waals surface area contributed by atoms with Crippen molar-refractivity contribution >= 4 is 34.8 Å². The summed E-state index contributed by atoms with van der Waals surface area (Å²) in [7, 11) is 0. The van der Waals surface area contributed by atoms with Gasteiger partial charge in [0.2, 0.25) is 5.95 Å². The molecule has 1 aromatic heterocycles. The third-order valence-corrected chi connectivity index (χ3v) is 3.88. The molecule has 3 nitrogen and oxygen atoms in total. The normalized spacial score (nSPS) is 10.6. The van der Waals surface area contributed by atoms with Crippen LogP contribution >= 0.6 is 23.2 Å². The number of imidazole rings is 1. The Morgan fingerprint density at radius 1 is 1.00 bits per heavy atom. The van der Waals surface area contributed by atoms with Gasteiger partial charge in [-0.05, 0) is 31.2 Å². The highest BCUT2D eigenvalue weighted by molar-refractivity contribution is 6.43. The van der Waals surface area contributed by atoms with Gasteiger partial charge in [0.05, 0.1) is 21.4 Å². The molecule has 21 heavy (non-hydrogen) atoms. The lowest BCUT2D eigenvalue weighted by Gasteiger charge is -2.11. The summed E-state index contributed by atoms with van der Waals surface area (Å²) in [4.78, 5) is 4.50. The Balaban J connectivity index is 2.02. The molecule has 0 radical (unpaired) electrons. The van der Waals surface area contributed by atoms with Gasteiger partial charge in [-0.3, -0.25) is 4.57 Å². The summed E-state index contributed by atoms with van der Waals surface area (Å²) < 4.78 is 1.98. The van der Waals surface area contributed by atoms with Gasteiger partial charge in [-0.1, -0.05) is 47.5 Å². The number of halogens is 2. The molecule has 0 saturated carbocycles. The molecule has 3 rings (SSSR count). The van der Waals surface area contributed by atoms with E-state index < -0.39 is 0 Å². The lowest BCUT2D eigenvalue weighted by Crippen LogP contribution is -2.01. The number of anilines is 2. The van der Waals surface area contributed by atoms with Gasteiger partial charge in [0.1, 0.15) is 0 Å². The standard InChI is InChI=1S/C16H13Cl2N3/c1-11-10-21(12-6-3-2-4-7-12)16(19-11)20-14-9-5-8-13(17)15(14)18/h2-10H,1H3,(H,19,20). The van der Waals surface area contributed by atoms with Crippen LogP contribution < -0.4 is 5.32 Å². The summed E-state index contributed by atoms with van der Waals surface area (Å²) in [6.07, 6.45) is 1.97. The van der Waals surface area contributed by atoms with Gasteiger partial charge in [-0.15, -0.1) is 0 Å². The number of nitrogens with one attached hydrogen (secondary N) is 1. The molecule has 0 atom stereocenters. The molecule has 2 aromatic carbocycles. The molecule has 0 aliphatic rings. The molecular formula is C16H13Cl2N3. The molecule has 0 saturated heterocycles. The topological polar surface area (TPSA) is 29.9 Å². The van der Waals surface area contributed by atoms with E-state index in [4.69, 9.17) is 23.2 Å². The molecule has 106 valence electrons. The number of nitrogens with zero attached hydrogens (tertiary/aromatic N) is 2. The Labute approximate surface area is 133 Å². The number of hydrogen-bond donors (Lipinski definition) is 1. The quantitative estimate of drug-likeness (QED) is 0.716. The van der Waals surface area contributed by atoms with Crippen molar-refractivity contribution in [2.45, 2.75) is 6.92 Å². The molecule has 1 heterocycles. The first kappa shape index (κ1) is 14.0. The number of aryl methyl sites for hydroxylation is 1. The van der Waals surface area contributed by atoms with Crippen molar-refractivity contribution in [3.63, 3.8) is 0 Å². The van der Waals surface area contributed by atoms with Crippen LogP contribution in [0.15, 0.2) is 54.7 Å². The van der Waals surface area contributed by atoms with Gasteiger partial charge in [-0.25, -0.2) is 4.98 Å². The number of aromatic nitrogens is 2. The third kappa shape index (κ3) is 2.89. The van der Waals surface area contributed by atoms with E-state index in [1.165, 1.54) is 0 Å². The Bertz CT molecular complexity index is 766. The molecule has 0 aliphatic carbocycles. The highest BCUT2D eigenvalue weighted by atomic mass is 35.5. The first-order valence-electron chi connectivity index (χ1n) is 6.47. The van der Waals surface area contributed by atoms with Crippen LogP contribution in [0.5, 0.6) is 0 Å². The van der Waals surface area contributed by atoms with Gasteiger partial charge in [-0.2, -0.15) is 0 Å². The second-order valence-electron chi connectivity index (χ2n) is 4.64. The first-order valence-corrected chi connectivity index (χ1v) is 7.23. The van der Waals surface area contributed by atoms with Crippen LogP contribution in [-0.4, -0.2) is 9.55 Å². The summed E-state index contributed by atoms with van der Waals surface area (Å²) in [6.45, 7) is 1.95. The number of hydrogen-bond acceptors (Lipinski definition) is 2. The molecule has 0 fully saturated rings. The Morgan fingerprint density at radius 3 is 2.52 bits per heavy atom. The summed E-state index contributed by atoms with van der Waals surface area (Å²) in [5.41, 5.74) is 2.67. The van der Waals surface area contributed by atoms with E-state index in [2.05, 4.69) is 10.3 Å². The minimum absolute atomic E-state index is 0.486. The van der Waals surface area contributed by atoms with Gasteiger partial charge >= 0.3 is 0 Å². The smallest absolute Gasteiger partial charge is 0.212 e. The van der Waals surface area contributed by atoms with Crippen molar-refractivity contribution in [2.24, 2.45) is 0 Å². The van der Waals surface area contributed by atoms with Crippen LogP contribution in [0.4, 0.5) is 11.6 Å². The maximum atomic E-state index is 6.22. The van der Waals surface area contributed by atoms with E-state index in [-0.39, 0.29) is 0 Å². The fourth-order valence-corrected chi connectivity index (χ4v) is 2.44. The largest absolute Gasteiger partial charge is 0.324 e. The Kier molecular flexibility index (Phi) is 3.86. The summed E-state index contributed by atoms with van der Waals surface area (Å²) in [6, 6.07) is 15.5.